The van der Waals surface area contributed by atoms with Crippen molar-refractivity contribution in [2.75, 3.05) is 6.79 Å². The van der Waals surface area contributed by atoms with E-state index in [-0.39, 0.29) is 6.79 Å². The maximum Gasteiger partial charge on any atom is 0.330 e. The fraction of sp³-hybridized carbons (Fsp3) is 0.273. The SMILES string of the molecule is CC(=O)NC(C(=O)O)c1ccc2c(c1)OCO2. The van der Waals surface area contributed by atoms with Crippen molar-refractivity contribution in [3.63, 3.8) is 0 Å². The van der Waals surface area contributed by atoms with Crippen LogP contribution in [-0.4, -0.2) is 23.8 Å². The molecule has 6 heteroatoms. The van der Waals surface area contributed by atoms with Crippen molar-refractivity contribution >= 4 is 11.9 Å². The van der Waals surface area contributed by atoms with E-state index in [9.17, 15) is 9.59 Å². The molecule has 0 fully saturated rings. The van der Waals surface area contributed by atoms with Crippen LogP contribution in [0.2, 0.25) is 0 Å². The number of aliphatic carboxylic acids is 1. The number of fused-ring (bicyclic) bond motifs is 1. The first kappa shape index (κ1) is 11.3. The van der Waals surface area contributed by atoms with Crippen molar-refractivity contribution < 1.29 is 24.2 Å². The lowest BCUT2D eigenvalue weighted by atomic mass is 10.1. The third-order valence-electron chi connectivity index (χ3n) is 2.32. The van der Waals surface area contributed by atoms with Gasteiger partial charge in [-0.2, -0.15) is 0 Å². The molecule has 2 rings (SSSR count). The standard InChI is InChI=1S/C11H11NO5/c1-6(13)12-10(11(14)15)7-2-3-8-9(4-7)17-5-16-8/h2-4,10H,5H2,1H3,(H,12,13)(H,14,15). The molecular weight excluding hydrogens is 226 g/mol. The number of ether oxygens (including phenoxy) is 2. The molecule has 1 aromatic carbocycles. The first-order valence-electron chi connectivity index (χ1n) is 4.97. The average Bonchev–Trinajstić information content (AvgIpc) is 2.72. The summed E-state index contributed by atoms with van der Waals surface area (Å²) in [5.41, 5.74) is 0.442. The molecule has 2 N–H and O–H groups in total. The molecule has 0 aliphatic carbocycles. The number of amides is 1. The molecule has 1 aliphatic heterocycles. The average molecular weight is 237 g/mol. The molecule has 1 aliphatic rings. The minimum absolute atomic E-state index is 0.122. The van der Waals surface area contributed by atoms with E-state index in [1.54, 1.807) is 18.2 Å². The molecule has 6 nitrogen and oxygen atoms in total. The summed E-state index contributed by atoms with van der Waals surface area (Å²) in [6.45, 7) is 1.39. The van der Waals surface area contributed by atoms with Gasteiger partial charge in [0.05, 0.1) is 0 Å². The van der Waals surface area contributed by atoms with Gasteiger partial charge in [0.2, 0.25) is 12.7 Å². The van der Waals surface area contributed by atoms with Gasteiger partial charge in [-0.15, -0.1) is 0 Å². The fourth-order valence-electron chi connectivity index (χ4n) is 1.58. The third-order valence-corrected chi connectivity index (χ3v) is 2.32. The summed E-state index contributed by atoms with van der Waals surface area (Å²) < 4.78 is 10.3. The van der Waals surface area contributed by atoms with Gasteiger partial charge in [-0.25, -0.2) is 4.79 Å². The molecule has 1 amide bonds. The molecule has 0 saturated heterocycles. The lowest BCUT2D eigenvalue weighted by molar-refractivity contribution is -0.141. The minimum atomic E-state index is -1.13. The molecular formula is C11H11NO5. The van der Waals surface area contributed by atoms with Crippen molar-refractivity contribution in [1.82, 2.24) is 5.32 Å². The summed E-state index contributed by atoms with van der Waals surface area (Å²) in [5.74, 6) is -0.478. The zero-order valence-corrected chi connectivity index (χ0v) is 9.10. The van der Waals surface area contributed by atoms with E-state index in [0.717, 1.165) is 0 Å². The summed E-state index contributed by atoms with van der Waals surface area (Å²) in [4.78, 5) is 22.0. The van der Waals surface area contributed by atoms with Crippen LogP contribution in [0.5, 0.6) is 11.5 Å². The van der Waals surface area contributed by atoms with Gasteiger partial charge in [0.15, 0.2) is 17.5 Å². The molecule has 0 aromatic heterocycles. The van der Waals surface area contributed by atoms with Crippen LogP contribution >= 0.6 is 0 Å². The van der Waals surface area contributed by atoms with Crippen LogP contribution in [0.3, 0.4) is 0 Å². The van der Waals surface area contributed by atoms with Gasteiger partial charge >= 0.3 is 5.97 Å². The van der Waals surface area contributed by atoms with Gasteiger partial charge in [-0.1, -0.05) is 6.07 Å². The van der Waals surface area contributed by atoms with E-state index in [2.05, 4.69) is 5.32 Å². The highest BCUT2D eigenvalue weighted by Crippen LogP contribution is 2.34. The predicted octanol–water partition coefficient (Wildman–Crippen LogP) is 0.677. The molecule has 1 atom stereocenters. The van der Waals surface area contributed by atoms with E-state index in [1.807, 2.05) is 0 Å². The first-order valence-corrected chi connectivity index (χ1v) is 4.97. The van der Waals surface area contributed by atoms with Gasteiger partial charge < -0.3 is 19.9 Å². The Morgan fingerprint density at radius 2 is 2.06 bits per heavy atom. The van der Waals surface area contributed by atoms with E-state index in [0.29, 0.717) is 17.1 Å². The predicted molar refractivity (Wildman–Crippen MR) is 56.8 cm³/mol. The number of carboxylic acids is 1. The Kier molecular flexibility index (Phi) is 2.86. The second-order valence-corrected chi connectivity index (χ2v) is 3.58. The second kappa shape index (κ2) is 4.32. The van der Waals surface area contributed by atoms with Crippen LogP contribution in [0.4, 0.5) is 0 Å². The van der Waals surface area contributed by atoms with E-state index in [4.69, 9.17) is 14.6 Å². The van der Waals surface area contributed by atoms with Gasteiger partial charge in [0, 0.05) is 6.92 Å². The van der Waals surface area contributed by atoms with Gasteiger partial charge in [-0.3, -0.25) is 4.79 Å². The summed E-state index contributed by atoms with van der Waals surface area (Å²) >= 11 is 0. The Bertz CT molecular complexity index is 471. The Hall–Kier alpha value is -2.24. The van der Waals surface area contributed by atoms with Crippen molar-refractivity contribution in [2.45, 2.75) is 13.0 Å². The van der Waals surface area contributed by atoms with Crippen molar-refractivity contribution in [3.8, 4) is 11.5 Å². The Morgan fingerprint density at radius 3 is 2.71 bits per heavy atom. The largest absolute Gasteiger partial charge is 0.479 e. The highest BCUT2D eigenvalue weighted by molar-refractivity contribution is 5.83. The quantitative estimate of drug-likeness (QED) is 0.807. The Morgan fingerprint density at radius 1 is 1.35 bits per heavy atom. The highest BCUT2D eigenvalue weighted by Gasteiger charge is 2.23. The number of hydrogen-bond acceptors (Lipinski definition) is 4. The van der Waals surface area contributed by atoms with E-state index >= 15 is 0 Å². The Balaban J connectivity index is 2.30. The highest BCUT2D eigenvalue weighted by atomic mass is 16.7. The molecule has 1 heterocycles. The third kappa shape index (κ3) is 2.30. The van der Waals surface area contributed by atoms with Crippen molar-refractivity contribution in [3.05, 3.63) is 23.8 Å². The summed E-state index contributed by atoms with van der Waals surface area (Å²) in [5, 5.41) is 11.4. The van der Waals surface area contributed by atoms with Crippen LogP contribution in [-0.2, 0) is 9.59 Å². The number of carbonyl (C=O) groups excluding carboxylic acids is 1. The summed E-state index contributed by atoms with van der Waals surface area (Å²) in [6.07, 6.45) is 0. The van der Waals surface area contributed by atoms with Crippen molar-refractivity contribution in [1.29, 1.82) is 0 Å². The van der Waals surface area contributed by atoms with Crippen molar-refractivity contribution in [2.24, 2.45) is 0 Å². The smallest absolute Gasteiger partial charge is 0.330 e. The van der Waals surface area contributed by atoms with Gasteiger partial charge in [0.1, 0.15) is 0 Å². The Labute approximate surface area is 97.1 Å². The molecule has 0 saturated carbocycles. The van der Waals surface area contributed by atoms with Crippen LogP contribution in [0.15, 0.2) is 18.2 Å². The van der Waals surface area contributed by atoms with Crippen LogP contribution in [0, 0.1) is 0 Å². The maximum absolute atomic E-state index is 11.0. The molecule has 1 aromatic rings. The topological polar surface area (TPSA) is 84.9 Å². The lowest BCUT2D eigenvalue weighted by Gasteiger charge is -2.13. The maximum atomic E-state index is 11.0. The van der Waals surface area contributed by atoms with Crippen LogP contribution in [0.1, 0.15) is 18.5 Å². The van der Waals surface area contributed by atoms with Crippen LogP contribution in [0.25, 0.3) is 0 Å². The molecule has 17 heavy (non-hydrogen) atoms. The van der Waals surface area contributed by atoms with Gasteiger partial charge in [0.25, 0.3) is 0 Å². The fourth-order valence-corrected chi connectivity index (χ4v) is 1.58. The second-order valence-electron chi connectivity index (χ2n) is 3.58. The normalized spacial score (nSPS) is 14.2. The van der Waals surface area contributed by atoms with E-state index < -0.39 is 17.9 Å². The molecule has 90 valence electrons. The number of carboxylic acid groups (broad SMARTS) is 1. The minimum Gasteiger partial charge on any atom is -0.479 e. The zero-order valence-electron chi connectivity index (χ0n) is 9.10. The summed E-state index contributed by atoms with van der Waals surface area (Å²) in [6, 6.07) is 3.68. The monoisotopic (exact) mass is 237 g/mol. The summed E-state index contributed by atoms with van der Waals surface area (Å²) in [7, 11) is 0. The molecule has 0 spiro atoms. The van der Waals surface area contributed by atoms with Crippen LogP contribution < -0.4 is 14.8 Å². The number of rotatable bonds is 3. The lowest BCUT2D eigenvalue weighted by Crippen LogP contribution is -2.31. The molecule has 1 unspecified atom stereocenters. The first-order chi connectivity index (χ1) is 8.08. The molecule has 0 bridgehead atoms. The zero-order chi connectivity index (χ0) is 12.4. The number of benzene rings is 1. The van der Waals surface area contributed by atoms with E-state index in [1.165, 1.54) is 6.92 Å². The van der Waals surface area contributed by atoms with Gasteiger partial charge in [-0.05, 0) is 17.7 Å². The number of nitrogens with one attached hydrogen (secondary N) is 1. The number of hydrogen-bond donors (Lipinski definition) is 2. The molecule has 0 radical (unpaired) electrons. The number of carbonyl (C=O) groups is 2.